The quantitative estimate of drug-likeness (QED) is 0.741. The molecule has 0 bridgehead atoms. The van der Waals surface area contributed by atoms with Crippen LogP contribution in [0.5, 0.6) is 0 Å². The third-order valence-electron chi connectivity index (χ3n) is 4.73. The first-order chi connectivity index (χ1) is 12.9. The maximum absolute atomic E-state index is 12.6. The fourth-order valence-corrected chi connectivity index (χ4v) is 4.03. The largest absolute Gasteiger partial charge is 0.339 e. The molecule has 2 aromatic rings. The molecule has 146 valence electrons. The van der Waals surface area contributed by atoms with Crippen LogP contribution in [0.15, 0.2) is 29.2 Å². The zero-order valence-electron chi connectivity index (χ0n) is 15.8. The monoisotopic (exact) mass is 391 g/mol. The summed E-state index contributed by atoms with van der Waals surface area (Å²) in [5, 5.41) is 8.14. The molecule has 9 heteroatoms. The van der Waals surface area contributed by atoms with E-state index in [2.05, 4.69) is 14.9 Å². The number of nitrogens with one attached hydrogen (secondary N) is 1. The number of aryl methyl sites for hydroxylation is 1. The molecule has 1 amide bonds. The lowest BCUT2D eigenvalue weighted by Gasteiger charge is -2.18. The number of hydrogen-bond donors (Lipinski definition) is 1. The van der Waals surface area contributed by atoms with E-state index >= 15 is 0 Å². The Hall–Kier alpha value is -2.26. The minimum absolute atomic E-state index is 0.0831. The maximum Gasteiger partial charge on any atom is 0.253 e. The standard InChI is InChI=1S/C18H25N5O3S/c1-4-22(5-2)18(24)14-6-10-16(11-7-14)27(25,26)19-12-17-21-20-13(3)23(17)15-8-9-15/h6-7,10-11,15,19H,4-5,8-9,12H2,1-3H3. The lowest BCUT2D eigenvalue weighted by molar-refractivity contribution is 0.0773. The van der Waals surface area contributed by atoms with Crippen molar-refractivity contribution in [2.24, 2.45) is 0 Å². The van der Waals surface area contributed by atoms with Gasteiger partial charge in [0, 0.05) is 24.7 Å². The summed E-state index contributed by atoms with van der Waals surface area (Å²) in [5.41, 5.74) is 0.474. The Morgan fingerprint density at radius 1 is 1.19 bits per heavy atom. The lowest BCUT2D eigenvalue weighted by atomic mass is 10.2. The summed E-state index contributed by atoms with van der Waals surface area (Å²) in [5.74, 6) is 1.31. The predicted octanol–water partition coefficient (Wildman–Crippen LogP) is 1.88. The van der Waals surface area contributed by atoms with Gasteiger partial charge in [-0.3, -0.25) is 4.79 Å². The number of benzene rings is 1. The molecule has 1 aromatic heterocycles. The van der Waals surface area contributed by atoms with Gasteiger partial charge in [0.15, 0.2) is 0 Å². The minimum Gasteiger partial charge on any atom is -0.339 e. The van der Waals surface area contributed by atoms with Gasteiger partial charge in [-0.1, -0.05) is 0 Å². The molecule has 27 heavy (non-hydrogen) atoms. The molecule has 0 saturated heterocycles. The van der Waals surface area contributed by atoms with Gasteiger partial charge < -0.3 is 9.47 Å². The third kappa shape index (κ3) is 4.19. The summed E-state index contributed by atoms with van der Waals surface area (Å²) in [6.07, 6.45) is 2.14. The van der Waals surface area contributed by atoms with Crippen LogP contribution in [0, 0.1) is 6.92 Å². The van der Waals surface area contributed by atoms with Gasteiger partial charge in [-0.05, 0) is 57.9 Å². The molecule has 0 aliphatic heterocycles. The van der Waals surface area contributed by atoms with Crippen LogP contribution < -0.4 is 4.72 Å². The minimum atomic E-state index is -3.70. The zero-order valence-corrected chi connectivity index (χ0v) is 16.7. The van der Waals surface area contributed by atoms with Crippen LogP contribution in [0.4, 0.5) is 0 Å². The number of sulfonamides is 1. The summed E-state index contributed by atoms with van der Waals surface area (Å²) in [7, 11) is -3.70. The smallest absolute Gasteiger partial charge is 0.253 e. The first-order valence-corrected chi connectivity index (χ1v) is 10.6. The van der Waals surface area contributed by atoms with Crippen molar-refractivity contribution < 1.29 is 13.2 Å². The van der Waals surface area contributed by atoms with Crippen molar-refractivity contribution >= 4 is 15.9 Å². The number of hydrogen-bond acceptors (Lipinski definition) is 5. The lowest BCUT2D eigenvalue weighted by Crippen LogP contribution is -2.30. The van der Waals surface area contributed by atoms with Gasteiger partial charge >= 0.3 is 0 Å². The van der Waals surface area contributed by atoms with Crippen molar-refractivity contribution in [3.05, 3.63) is 41.5 Å². The number of carbonyl (C=O) groups excluding carboxylic acids is 1. The highest BCUT2D eigenvalue weighted by atomic mass is 32.2. The number of aromatic nitrogens is 3. The molecule has 3 rings (SSSR count). The Morgan fingerprint density at radius 2 is 1.81 bits per heavy atom. The topological polar surface area (TPSA) is 97.2 Å². The predicted molar refractivity (Wildman–Crippen MR) is 101 cm³/mol. The Balaban J connectivity index is 1.71. The van der Waals surface area contributed by atoms with Crippen molar-refractivity contribution in [3.63, 3.8) is 0 Å². The van der Waals surface area contributed by atoms with E-state index in [0.29, 0.717) is 30.5 Å². The van der Waals surface area contributed by atoms with E-state index in [1.807, 2.05) is 25.3 Å². The fraction of sp³-hybridized carbons (Fsp3) is 0.500. The fourth-order valence-electron chi connectivity index (χ4n) is 3.05. The molecule has 1 aromatic carbocycles. The maximum atomic E-state index is 12.6. The molecule has 1 aliphatic carbocycles. The van der Waals surface area contributed by atoms with Gasteiger partial charge in [0.05, 0.1) is 11.4 Å². The van der Waals surface area contributed by atoms with Gasteiger partial charge in [0.25, 0.3) is 5.91 Å². The first kappa shape index (κ1) is 19.5. The van der Waals surface area contributed by atoms with E-state index in [0.717, 1.165) is 18.7 Å². The van der Waals surface area contributed by atoms with Crippen molar-refractivity contribution in [1.82, 2.24) is 24.4 Å². The number of nitrogens with zero attached hydrogens (tertiary/aromatic N) is 4. The highest BCUT2D eigenvalue weighted by molar-refractivity contribution is 7.89. The molecule has 8 nitrogen and oxygen atoms in total. The molecule has 0 atom stereocenters. The van der Waals surface area contributed by atoms with Gasteiger partial charge in [0.1, 0.15) is 11.6 Å². The SMILES string of the molecule is CCN(CC)C(=O)c1ccc(S(=O)(=O)NCc2nnc(C)n2C2CC2)cc1. The highest BCUT2D eigenvalue weighted by Gasteiger charge is 2.28. The molecule has 1 fully saturated rings. The second-order valence-corrected chi connectivity index (χ2v) is 8.36. The summed E-state index contributed by atoms with van der Waals surface area (Å²) >= 11 is 0. The Morgan fingerprint density at radius 3 is 2.37 bits per heavy atom. The van der Waals surface area contributed by atoms with Crippen molar-refractivity contribution in [2.45, 2.75) is 51.1 Å². The Kier molecular flexibility index (Phi) is 5.61. The summed E-state index contributed by atoms with van der Waals surface area (Å²) in [6.45, 7) is 6.99. The number of amides is 1. The summed E-state index contributed by atoms with van der Waals surface area (Å²) in [6, 6.07) is 6.38. The Labute approximate surface area is 159 Å². The second-order valence-electron chi connectivity index (χ2n) is 6.59. The van der Waals surface area contributed by atoms with Gasteiger partial charge in [-0.15, -0.1) is 10.2 Å². The van der Waals surface area contributed by atoms with Gasteiger partial charge in [0.2, 0.25) is 10.0 Å². The summed E-state index contributed by atoms with van der Waals surface area (Å²) < 4.78 is 29.7. The molecule has 0 radical (unpaired) electrons. The zero-order chi connectivity index (χ0) is 19.6. The van der Waals surface area contributed by atoms with E-state index in [4.69, 9.17) is 0 Å². The van der Waals surface area contributed by atoms with Crippen molar-refractivity contribution in [1.29, 1.82) is 0 Å². The van der Waals surface area contributed by atoms with E-state index in [1.54, 1.807) is 17.0 Å². The average molecular weight is 391 g/mol. The van der Waals surface area contributed by atoms with Crippen LogP contribution in [0.1, 0.15) is 54.7 Å². The van der Waals surface area contributed by atoms with Crippen LogP contribution in [-0.2, 0) is 16.6 Å². The molecule has 1 N–H and O–H groups in total. The van der Waals surface area contributed by atoms with Crippen LogP contribution in [-0.4, -0.2) is 47.1 Å². The summed E-state index contributed by atoms with van der Waals surface area (Å²) in [4.78, 5) is 14.1. The third-order valence-corrected chi connectivity index (χ3v) is 6.15. The molecule has 1 saturated carbocycles. The highest BCUT2D eigenvalue weighted by Crippen LogP contribution is 2.36. The van der Waals surface area contributed by atoms with E-state index in [1.165, 1.54) is 12.1 Å². The molecular formula is C18H25N5O3S. The number of rotatable bonds is 8. The molecule has 1 aliphatic rings. The number of carbonyl (C=O) groups is 1. The normalized spacial score (nSPS) is 14.3. The van der Waals surface area contributed by atoms with E-state index in [9.17, 15) is 13.2 Å². The second kappa shape index (κ2) is 7.77. The average Bonchev–Trinajstić information content (AvgIpc) is 3.43. The van der Waals surface area contributed by atoms with Crippen LogP contribution in [0.3, 0.4) is 0 Å². The molecule has 1 heterocycles. The van der Waals surface area contributed by atoms with Gasteiger partial charge in [-0.25, -0.2) is 13.1 Å². The van der Waals surface area contributed by atoms with Gasteiger partial charge in [-0.2, -0.15) is 0 Å². The van der Waals surface area contributed by atoms with Crippen molar-refractivity contribution in [3.8, 4) is 0 Å². The van der Waals surface area contributed by atoms with E-state index < -0.39 is 10.0 Å². The first-order valence-electron chi connectivity index (χ1n) is 9.16. The van der Waals surface area contributed by atoms with Crippen molar-refractivity contribution in [2.75, 3.05) is 13.1 Å². The molecule has 0 unspecified atom stereocenters. The molecular weight excluding hydrogens is 366 g/mol. The van der Waals surface area contributed by atoms with Crippen LogP contribution in [0.2, 0.25) is 0 Å². The molecule has 0 spiro atoms. The van der Waals surface area contributed by atoms with E-state index in [-0.39, 0.29) is 17.3 Å². The Bertz CT molecular complexity index is 913. The van der Waals surface area contributed by atoms with Crippen LogP contribution >= 0.6 is 0 Å². The van der Waals surface area contributed by atoms with Crippen LogP contribution in [0.25, 0.3) is 0 Å².